The van der Waals surface area contributed by atoms with E-state index in [1.54, 1.807) is 37.3 Å². The number of hydrogen-bond acceptors (Lipinski definition) is 3. The molecule has 0 bridgehead atoms. The monoisotopic (exact) mass is 325 g/mol. The molecule has 2 aromatic carbocycles. The van der Waals surface area contributed by atoms with Crippen LogP contribution in [0.3, 0.4) is 0 Å². The van der Waals surface area contributed by atoms with Crippen molar-refractivity contribution in [3.63, 3.8) is 0 Å². The van der Waals surface area contributed by atoms with Crippen molar-refractivity contribution >= 4 is 11.6 Å². The molecule has 2 rings (SSSR count). The maximum absolute atomic E-state index is 12.3. The smallest absolute Gasteiger partial charge is 0.265 e. The van der Waals surface area contributed by atoms with E-state index in [9.17, 15) is 4.79 Å². The third-order valence-corrected chi connectivity index (χ3v) is 3.51. The van der Waals surface area contributed by atoms with E-state index in [0.29, 0.717) is 12.3 Å². The number of nitrogens with one attached hydrogen (secondary N) is 1. The molecule has 0 fully saturated rings. The molecule has 0 aromatic heterocycles. The van der Waals surface area contributed by atoms with Crippen LogP contribution in [0.15, 0.2) is 55.1 Å². The van der Waals surface area contributed by atoms with E-state index in [4.69, 9.17) is 9.47 Å². The molecule has 0 aliphatic carbocycles. The van der Waals surface area contributed by atoms with Gasteiger partial charge >= 0.3 is 0 Å². The number of amides is 1. The fourth-order valence-corrected chi connectivity index (χ4v) is 2.11. The minimum absolute atomic E-state index is 0.198. The molecule has 1 atom stereocenters. The van der Waals surface area contributed by atoms with Crippen molar-refractivity contribution in [3.8, 4) is 11.5 Å². The SMILES string of the molecule is C=CCOc1ccc(NC(=O)[C@H](C)Oc2cc(C)ccc2C)cc1. The van der Waals surface area contributed by atoms with E-state index in [2.05, 4.69) is 11.9 Å². The van der Waals surface area contributed by atoms with Gasteiger partial charge in [-0.3, -0.25) is 4.79 Å². The maximum atomic E-state index is 12.3. The summed E-state index contributed by atoms with van der Waals surface area (Å²) in [6.07, 6.45) is 1.09. The van der Waals surface area contributed by atoms with Gasteiger partial charge in [-0.25, -0.2) is 0 Å². The summed E-state index contributed by atoms with van der Waals surface area (Å²) in [7, 11) is 0. The van der Waals surface area contributed by atoms with Gasteiger partial charge in [0.2, 0.25) is 0 Å². The Kier molecular flexibility index (Phi) is 6.01. The molecular formula is C20H23NO3. The molecule has 0 radical (unpaired) electrons. The van der Waals surface area contributed by atoms with Crippen LogP contribution in [0.5, 0.6) is 11.5 Å². The van der Waals surface area contributed by atoms with E-state index < -0.39 is 6.10 Å². The summed E-state index contributed by atoms with van der Waals surface area (Å²) in [4.78, 5) is 12.3. The van der Waals surface area contributed by atoms with Gasteiger partial charge in [-0.15, -0.1) is 0 Å². The Morgan fingerprint density at radius 1 is 1.21 bits per heavy atom. The van der Waals surface area contributed by atoms with Gasteiger partial charge in [0.15, 0.2) is 6.10 Å². The molecule has 0 aliphatic heterocycles. The molecule has 0 aliphatic rings. The Labute approximate surface area is 143 Å². The van der Waals surface area contributed by atoms with Gasteiger partial charge in [-0.1, -0.05) is 24.8 Å². The second-order valence-electron chi connectivity index (χ2n) is 5.64. The average molecular weight is 325 g/mol. The summed E-state index contributed by atoms with van der Waals surface area (Å²) in [6, 6.07) is 13.1. The van der Waals surface area contributed by atoms with Gasteiger partial charge in [0.05, 0.1) is 0 Å². The molecule has 2 aromatic rings. The second kappa shape index (κ2) is 8.20. The Morgan fingerprint density at radius 2 is 1.92 bits per heavy atom. The van der Waals surface area contributed by atoms with E-state index in [1.165, 1.54) is 0 Å². The fraction of sp³-hybridized carbons (Fsp3) is 0.250. The van der Waals surface area contributed by atoms with Crippen LogP contribution in [0, 0.1) is 13.8 Å². The highest BCUT2D eigenvalue weighted by Gasteiger charge is 2.16. The van der Waals surface area contributed by atoms with E-state index in [0.717, 1.165) is 22.6 Å². The van der Waals surface area contributed by atoms with Crippen molar-refractivity contribution in [1.82, 2.24) is 0 Å². The fourth-order valence-electron chi connectivity index (χ4n) is 2.11. The minimum Gasteiger partial charge on any atom is -0.490 e. The Bertz CT molecular complexity index is 707. The first-order valence-electron chi connectivity index (χ1n) is 7.88. The molecule has 1 N–H and O–H groups in total. The first kappa shape index (κ1) is 17.6. The van der Waals surface area contributed by atoms with Crippen LogP contribution < -0.4 is 14.8 Å². The number of ether oxygens (including phenoxy) is 2. The molecular weight excluding hydrogens is 302 g/mol. The molecule has 0 spiro atoms. The first-order chi connectivity index (χ1) is 11.5. The molecule has 4 heteroatoms. The molecule has 0 heterocycles. The van der Waals surface area contributed by atoms with Crippen molar-refractivity contribution in [2.75, 3.05) is 11.9 Å². The standard InChI is InChI=1S/C20H23NO3/c1-5-12-23-18-10-8-17(9-11-18)21-20(22)16(4)24-19-13-14(2)6-7-15(19)3/h5-11,13,16H,1,12H2,2-4H3,(H,21,22)/t16-/m0/s1. The van der Waals surface area contributed by atoms with Crippen LogP contribution in [0.25, 0.3) is 0 Å². The van der Waals surface area contributed by atoms with Crippen molar-refractivity contribution in [1.29, 1.82) is 0 Å². The minimum atomic E-state index is -0.595. The summed E-state index contributed by atoms with van der Waals surface area (Å²) in [5.74, 6) is 1.26. The number of hydrogen-bond donors (Lipinski definition) is 1. The Morgan fingerprint density at radius 3 is 2.58 bits per heavy atom. The number of benzene rings is 2. The average Bonchev–Trinajstić information content (AvgIpc) is 2.57. The zero-order valence-electron chi connectivity index (χ0n) is 14.3. The molecule has 126 valence electrons. The lowest BCUT2D eigenvalue weighted by atomic mass is 10.1. The second-order valence-corrected chi connectivity index (χ2v) is 5.64. The lowest BCUT2D eigenvalue weighted by Crippen LogP contribution is -2.30. The molecule has 0 unspecified atom stereocenters. The third kappa shape index (κ3) is 4.88. The quantitative estimate of drug-likeness (QED) is 0.773. The van der Waals surface area contributed by atoms with Gasteiger partial charge < -0.3 is 14.8 Å². The van der Waals surface area contributed by atoms with Crippen LogP contribution in [0.2, 0.25) is 0 Å². The van der Waals surface area contributed by atoms with Gasteiger partial charge in [-0.05, 0) is 62.2 Å². The summed E-state index contributed by atoms with van der Waals surface area (Å²) in [5, 5.41) is 2.84. The van der Waals surface area contributed by atoms with Gasteiger partial charge in [-0.2, -0.15) is 0 Å². The first-order valence-corrected chi connectivity index (χ1v) is 7.88. The van der Waals surface area contributed by atoms with Crippen LogP contribution >= 0.6 is 0 Å². The van der Waals surface area contributed by atoms with Crippen LogP contribution in [-0.4, -0.2) is 18.6 Å². The summed E-state index contributed by atoms with van der Waals surface area (Å²) < 4.78 is 11.2. The van der Waals surface area contributed by atoms with Crippen molar-refractivity contribution < 1.29 is 14.3 Å². The molecule has 0 saturated carbocycles. The zero-order chi connectivity index (χ0) is 17.5. The predicted molar refractivity (Wildman–Crippen MR) is 96.8 cm³/mol. The molecule has 0 saturated heterocycles. The topological polar surface area (TPSA) is 47.6 Å². The highest BCUT2D eigenvalue weighted by atomic mass is 16.5. The van der Waals surface area contributed by atoms with Gasteiger partial charge in [0.1, 0.15) is 18.1 Å². The lowest BCUT2D eigenvalue weighted by molar-refractivity contribution is -0.122. The Hall–Kier alpha value is -2.75. The molecule has 24 heavy (non-hydrogen) atoms. The van der Waals surface area contributed by atoms with Crippen molar-refractivity contribution in [2.24, 2.45) is 0 Å². The number of carbonyl (C=O) groups is 1. The number of rotatable bonds is 7. The van der Waals surface area contributed by atoms with Gasteiger partial charge in [0, 0.05) is 5.69 Å². The zero-order valence-corrected chi connectivity index (χ0v) is 14.3. The largest absolute Gasteiger partial charge is 0.490 e. The predicted octanol–water partition coefficient (Wildman–Crippen LogP) is 4.27. The number of carbonyl (C=O) groups excluding carboxylic acids is 1. The van der Waals surface area contributed by atoms with Crippen LogP contribution in [-0.2, 0) is 4.79 Å². The summed E-state index contributed by atoms with van der Waals surface area (Å²) >= 11 is 0. The molecule has 1 amide bonds. The number of anilines is 1. The van der Waals surface area contributed by atoms with Crippen LogP contribution in [0.1, 0.15) is 18.1 Å². The highest BCUT2D eigenvalue weighted by molar-refractivity contribution is 5.94. The normalized spacial score (nSPS) is 11.5. The van der Waals surface area contributed by atoms with E-state index in [1.807, 2.05) is 32.0 Å². The maximum Gasteiger partial charge on any atom is 0.265 e. The summed E-state index contributed by atoms with van der Waals surface area (Å²) in [5.41, 5.74) is 2.80. The van der Waals surface area contributed by atoms with Crippen molar-refractivity contribution in [2.45, 2.75) is 26.9 Å². The van der Waals surface area contributed by atoms with Crippen molar-refractivity contribution in [3.05, 3.63) is 66.2 Å². The van der Waals surface area contributed by atoms with Gasteiger partial charge in [0.25, 0.3) is 5.91 Å². The summed E-state index contributed by atoms with van der Waals surface area (Å²) in [6.45, 7) is 9.74. The van der Waals surface area contributed by atoms with Crippen LogP contribution in [0.4, 0.5) is 5.69 Å². The van der Waals surface area contributed by atoms with E-state index in [-0.39, 0.29) is 5.91 Å². The highest BCUT2D eigenvalue weighted by Crippen LogP contribution is 2.21. The lowest BCUT2D eigenvalue weighted by Gasteiger charge is -2.17. The van der Waals surface area contributed by atoms with E-state index >= 15 is 0 Å². The third-order valence-electron chi connectivity index (χ3n) is 3.51. The number of aryl methyl sites for hydroxylation is 2. The Balaban J connectivity index is 1.95. The molecule has 4 nitrogen and oxygen atoms in total.